The molecule has 24 heavy (non-hydrogen) atoms. The summed E-state index contributed by atoms with van der Waals surface area (Å²) in [5, 5.41) is 1.14. The summed E-state index contributed by atoms with van der Waals surface area (Å²) in [5.74, 6) is -0.539. The van der Waals surface area contributed by atoms with Crippen LogP contribution < -0.4 is 10.9 Å². The van der Waals surface area contributed by atoms with E-state index in [4.69, 9.17) is 0 Å². The number of nitrogens with one attached hydrogen (secondary N) is 2. The molecule has 2 aromatic carbocycles. The van der Waals surface area contributed by atoms with E-state index in [9.17, 15) is 9.59 Å². The Kier molecular flexibility index (Phi) is 4.61. The first-order chi connectivity index (χ1) is 11.6. The quantitative estimate of drug-likeness (QED) is 0.726. The maximum Gasteiger partial charge on any atom is 0.269 e. The van der Waals surface area contributed by atoms with Crippen molar-refractivity contribution >= 4 is 22.7 Å². The monoisotopic (exact) mass is 321 g/mol. The van der Waals surface area contributed by atoms with E-state index in [-0.39, 0.29) is 18.2 Å². The number of hydrazine groups is 1. The van der Waals surface area contributed by atoms with Crippen LogP contribution in [0.25, 0.3) is 10.9 Å². The molecular weight excluding hydrogens is 302 g/mol. The second-order valence-electron chi connectivity index (χ2n) is 5.64. The van der Waals surface area contributed by atoms with E-state index in [2.05, 4.69) is 10.9 Å². The minimum absolute atomic E-state index is 0.227. The Morgan fingerprint density at radius 3 is 2.54 bits per heavy atom. The van der Waals surface area contributed by atoms with E-state index in [0.717, 1.165) is 16.5 Å². The largest absolute Gasteiger partial charge is 0.347 e. The van der Waals surface area contributed by atoms with E-state index in [0.29, 0.717) is 12.1 Å². The van der Waals surface area contributed by atoms with Gasteiger partial charge in [-0.3, -0.25) is 20.4 Å². The Balaban J connectivity index is 1.53. The van der Waals surface area contributed by atoms with E-state index in [1.165, 1.54) is 0 Å². The number of aryl methyl sites for hydroxylation is 2. The molecule has 0 aliphatic rings. The molecule has 0 atom stereocenters. The maximum absolute atomic E-state index is 12.0. The van der Waals surface area contributed by atoms with Gasteiger partial charge in [0.2, 0.25) is 5.91 Å². The fourth-order valence-corrected chi connectivity index (χ4v) is 2.64. The van der Waals surface area contributed by atoms with Crippen molar-refractivity contribution in [2.45, 2.75) is 19.9 Å². The molecule has 0 spiro atoms. The van der Waals surface area contributed by atoms with Gasteiger partial charge >= 0.3 is 0 Å². The Labute approximate surface area is 140 Å². The first kappa shape index (κ1) is 15.8. The molecule has 1 heterocycles. The first-order valence-corrected chi connectivity index (χ1v) is 7.84. The molecule has 0 saturated carbocycles. The fourth-order valence-electron chi connectivity index (χ4n) is 2.64. The molecule has 0 saturated heterocycles. The zero-order valence-electron chi connectivity index (χ0n) is 13.5. The van der Waals surface area contributed by atoms with Crippen LogP contribution in [0.4, 0.5) is 0 Å². The average molecular weight is 321 g/mol. The molecule has 122 valence electrons. The lowest BCUT2D eigenvalue weighted by atomic mass is 10.1. The van der Waals surface area contributed by atoms with Gasteiger partial charge < -0.3 is 4.57 Å². The SMILES string of the molecule is Cc1ccccc1C(=O)NNC(=O)CCn1ccc2ccccc21. The lowest BCUT2D eigenvalue weighted by molar-refractivity contribution is -0.122. The van der Waals surface area contributed by atoms with Crippen LogP contribution in [0.5, 0.6) is 0 Å². The Morgan fingerprint density at radius 1 is 0.958 bits per heavy atom. The Hall–Kier alpha value is -3.08. The van der Waals surface area contributed by atoms with Gasteiger partial charge in [-0.2, -0.15) is 0 Å². The van der Waals surface area contributed by atoms with Gasteiger partial charge in [-0.1, -0.05) is 36.4 Å². The topological polar surface area (TPSA) is 63.1 Å². The first-order valence-electron chi connectivity index (χ1n) is 7.84. The second kappa shape index (κ2) is 7.00. The molecule has 0 aliphatic carbocycles. The third kappa shape index (κ3) is 3.46. The van der Waals surface area contributed by atoms with Gasteiger partial charge in [0, 0.05) is 30.2 Å². The van der Waals surface area contributed by atoms with Crippen molar-refractivity contribution in [1.29, 1.82) is 0 Å². The van der Waals surface area contributed by atoms with Crippen LogP contribution in [0.3, 0.4) is 0 Å². The smallest absolute Gasteiger partial charge is 0.269 e. The van der Waals surface area contributed by atoms with Gasteiger partial charge in [-0.15, -0.1) is 0 Å². The van der Waals surface area contributed by atoms with Crippen molar-refractivity contribution in [3.8, 4) is 0 Å². The third-order valence-corrected chi connectivity index (χ3v) is 3.97. The second-order valence-corrected chi connectivity index (χ2v) is 5.64. The molecule has 0 bridgehead atoms. The predicted octanol–water partition coefficient (Wildman–Crippen LogP) is 2.80. The van der Waals surface area contributed by atoms with Crippen molar-refractivity contribution in [1.82, 2.24) is 15.4 Å². The number of hydrogen-bond acceptors (Lipinski definition) is 2. The predicted molar refractivity (Wildman–Crippen MR) is 93.3 cm³/mol. The Bertz CT molecular complexity index is 883. The van der Waals surface area contributed by atoms with Gasteiger partial charge in [-0.25, -0.2) is 0 Å². The summed E-state index contributed by atoms with van der Waals surface area (Å²) in [5.41, 5.74) is 7.43. The summed E-state index contributed by atoms with van der Waals surface area (Å²) in [6.45, 7) is 2.41. The van der Waals surface area contributed by atoms with Crippen molar-refractivity contribution < 1.29 is 9.59 Å². The number of aromatic nitrogens is 1. The number of nitrogens with zero attached hydrogens (tertiary/aromatic N) is 1. The average Bonchev–Trinajstić information content (AvgIpc) is 3.01. The van der Waals surface area contributed by atoms with Crippen LogP contribution >= 0.6 is 0 Å². The van der Waals surface area contributed by atoms with E-state index in [1.54, 1.807) is 12.1 Å². The molecule has 3 aromatic rings. The standard InChI is InChI=1S/C19H19N3O2/c1-14-6-2-4-8-16(14)19(24)21-20-18(23)11-13-22-12-10-15-7-3-5-9-17(15)22/h2-10,12H,11,13H2,1H3,(H,20,23)(H,21,24). The zero-order chi connectivity index (χ0) is 16.9. The molecule has 0 radical (unpaired) electrons. The molecule has 3 rings (SSSR count). The van der Waals surface area contributed by atoms with E-state index >= 15 is 0 Å². The fraction of sp³-hybridized carbons (Fsp3) is 0.158. The summed E-state index contributed by atoms with van der Waals surface area (Å²) in [6, 6.07) is 17.3. The van der Waals surface area contributed by atoms with E-state index < -0.39 is 0 Å². The molecule has 0 aliphatic heterocycles. The number of hydrogen-bond donors (Lipinski definition) is 2. The summed E-state index contributed by atoms with van der Waals surface area (Å²) >= 11 is 0. The molecule has 0 unspecified atom stereocenters. The maximum atomic E-state index is 12.0. The summed E-state index contributed by atoms with van der Waals surface area (Å²) < 4.78 is 2.03. The van der Waals surface area contributed by atoms with Crippen LogP contribution in [-0.4, -0.2) is 16.4 Å². The van der Waals surface area contributed by atoms with Crippen LogP contribution in [-0.2, 0) is 11.3 Å². The molecule has 0 fully saturated rings. The highest BCUT2D eigenvalue weighted by Gasteiger charge is 2.09. The molecule has 5 heteroatoms. The zero-order valence-corrected chi connectivity index (χ0v) is 13.5. The lowest BCUT2D eigenvalue weighted by Gasteiger charge is -2.10. The molecule has 2 amide bonds. The van der Waals surface area contributed by atoms with E-state index in [1.807, 2.05) is 60.2 Å². The summed E-state index contributed by atoms with van der Waals surface area (Å²) in [7, 11) is 0. The highest BCUT2D eigenvalue weighted by molar-refractivity contribution is 5.96. The summed E-state index contributed by atoms with van der Waals surface area (Å²) in [4.78, 5) is 24.0. The van der Waals surface area contributed by atoms with Crippen LogP contribution in [0.1, 0.15) is 22.3 Å². The van der Waals surface area contributed by atoms with Gasteiger partial charge in [0.1, 0.15) is 0 Å². The van der Waals surface area contributed by atoms with Crippen molar-refractivity contribution in [3.05, 3.63) is 71.9 Å². The highest BCUT2D eigenvalue weighted by Crippen LogP contribution is 2.15. The van der Waals surface area contributed by atoms with Gasteiger partial charge in [0.05, 0.1) is 0 Å². The van der Waals surface area contributed by atoms with Gasteiger partial charge in [0.15, 0.2) is 0 Å². The molecule has 1 aromatic heterocycles. The number of carbonyl (C=O) groups excluding carboxylic acids is 2. The third-order valence-electron chi connectivity index (χ3n) is 3.97. The number of benzene rings is 2. The molecule has 2 N–H and O–H groups in total. The number of rotatable bonds is 4. The number of para-hydroxylation sites is 1. The van der Waals surface area contributed by atoms with Crippen LogP contribution in [0.15, 0.2) is 60.8 Å². The highest BCUT2D eigenvalue weighted by atomic mass is 16.2. The number of amides is 2. The minimum atomic E-state index is -0.312. The van der Waals surface area contributed by atoms with Crippen molar-refractivity contribution in [2.24, 2.45) is 0 Å². The number of carbonyl (C=O) groups is 2. The lowest BCUT2D eigenvalue weighted by Crippen LogP contribution is -2.42. The normalized spacial score (nSPS) is 10.5. The molecule has 5 nitrogen and oxygen atoms in total. The number of fused-ring (bicyclic) bond motifs is 1. The van der Waals surface area contributed by atoms with Gasteiger partial charge in [-0.05, 0) is 36.1 Å². The van der Waals surface area contributed by atoms with Crippen LogP contribution in [0.2, 0.25) is 0 Å². The molecular formula is C19H19N3O2. The van der Waals surface area contributed by atoms with Crippen molar-refractivity contribution in [3.63, 3.8) is 0 Å². The van der Waals surface area contributed by atoms with Gasteiger partial charge in [0.25, 0.3) is 5.91 Å². The minimum Gasteiger partial charge on any atom is -0.347 e. The Morgan fingerprint density at radius 2 is 1.71 bits per heavy atom. The summed E-state index contributed by atoms with van der Waals surface area (Å²) in [6.07, 6.45) is 2.25. The van der Waals surface area contributed by atoms with Crippen LogP contribution in [0, 0.1) is 6.92 Å². The van der Waals surface area contributed by atoms with Crippen molar-refractivity contribution in [2.75, 3.05) is 0 Å².